The zero-order chi connectivity index (χ0) is 13.5. The summed E-state index contributed by atoms with van der Waals surface area (Å²) in [5, 5.41) is 17.4. The maximum atomic E-state index is 11.4. The molecule has 0 heterocycles. The van der Waals surface area contributed by atoms with E-state index in [1.165, 1.54) is 0 Å². The van der Waals surface area contributed by atoms with E-state index < -0.39 is 23.5 Å². The fraction of sp³-hybridized carbons (Fsp3) is 0.750. The quantitative estimate of drug-likeness (QED) is 0.690. The van der Waals surface area contributed by atoms with Gasteiger partial charge in [-0.05, 0) is 26.7 Å². The Morgan fingerprint density at radius 2 is 2.00 bits per heavy atom. The average molecular weight is 241 g/mol. The second kappa shape index (κ2) is 6.89. The second-order valence-electron chi connectivity index (χ2n) is 4.47. The first-order valence-corrected chi connectivity index (χ1v) is 5.66. The van der Waals surface area contributed by atoms with E-state index in [0.717, 1.165) is 0 Å². The number of carboxylic acids is 1. The topological polar surface area (TPSA) is 87.4 Å². The van der Waals surface area contributed by atoms with Crippen molar-refractivity contribution in [2.75, 3.05) is 0 Å². The Labute approximate surface area is 101 Å². The smallest absolute Gasteiger partial charge is 0.306 e. The maximum Gasteiger partial charge on any atom is 0.306 e. The fourth-order valence-electron chi connectivity index (χ4n) is 1.41. The molecule has 5 heteroatoms. The lowest BCUT2D eigenvalue weighted by Crippen LogP contribution is -2.32. The highest BCUT2D eigenvalue weighted by Gasteiger charge is 2.31. The van der Waals surface area contributed by atoms with E-state index in [1.54, 1.807) is 13.8 Å². The van der Waals surface area contributed by atoms with E-state index in [9.17, 15) is 9.59 Å². The lowest BCUT2D eigenvalue weighted by Gasteiger charge is -2.26. The van der Waals surface area contributed by atoms with Crippen LogP contribution in [0.1, 0.15) is 46.5 Å². The second-order valence-corrected chi connectivity index (χ2v) is 4.47. The summed E-state index contributed by atoms with van der Waals surface area (Å²) in [5.74, 6) is -1.37. The Balaban J connectivity index is 4.17. The summed E-state index contributed by atoms with van der Waals surface area (Å²) in [6.45, 7) is 5.27. The van der Waals surface area contributed by atoms with Crippen molar-refractivity contribution < 1.29 is 19.4 Å². The number of hydrogen-bond donors (Lipinski definition) is 1. The summed E-state index contributed by atoms with van der Waals surface area (Å²) in [5.41, 5.74) is -0.725. The average Bonchev–Trinajstić information content (AvgIpc) is 2.25. The van der Waals surface area contributed by atoms with Gasteiger partial charge in [0.1, 0.15) is 6.10 Å². The normalized spacial score (nSPS) is 12.6. The number of aliphatic carboxylic acids is 1. The molecule has 17 heavy (non-hydrogen) atoms. The standard InChI is InChI=1S/C12H19NO4/c1-4-9(12(2,3)8-13)17-11(16)7-5-6-10(14)15/h9H,4-7H2,1-3H3,(H,14,15). The number of esters is 1. The maximum absolute atomic E-state index is 11.4. The van der Waals surface area contributed by atoms with Crippen molar-refractivity contribution in [1.82, 2.24) is 0 Å². The Morgan fingerprint density at radius 3 is 2.41 bits per heavy atom. The zero-order valence-corrected chi connectivity index (χ0v) is 10.5. The molecule has 0 aromatic heterocycles. The number of nitrogens with zero attached hydrogens (tertiary/aromatic N) is 1. The van der Waals surface area contributed by atoms with Crippen molar-refractivity contribution in [3.8, 4) is 6.07 Å². The Morgan fingerprint density at radius 1 is 1.41 bits per heavy atom. The van der Waals surface area contributed by atoms with Crippen LogP contribution in [-0.4, -0.2) is 23.1 Å². The molecule has 0 rings (SSSR count). The van der Waals surface area contributed by atoms with Crippen LogP contribution in [-0.2, 0) is 14.3 Å². The Bertz CT molecular complexity index is 317. The Kier molecular flexibility index (Phi) is 6.26. The van der Waals surface area contributed by atoms with Gasteiger partial charge in [0, 0.05) is 12.8 Å². The number of carbonyl (C=O) groups excluding carboxylic acids is 1. The van der Waals surface area contributed by atoms with Crippen molar-refractivity contribution in [1.29, 1.82) is 5.26 Å². The number of nitriles is 1. The van der Waals surface area contributed by atoms with Gasteiger partial charge in [0.15, 0.2) is 0 Å². The van der Waals surface area contributed by atoms with Crippen molar-refractivity contribution >= 4 is 11.9 Å². The summed E-state index contributed by atoms with van der Waals surface area (Å²) in [4.78, 5) is 21.7. The molecule has 1 N–H and O–H groups in total. The van der Waals surface area contributed by atoms with Gasteiger partial charge in [-0.2, -0.15) is 5.26 Å². The molecule has 0 aliphatic carbocycles. The summed E-state index contributed by atoms with van der Waals surface area (Å²) >= 11 is 0. The van der Waals surface area contributed by atoms with Gasteiger partial charge < -0.3 is 9.84 Å². The number of hydrogen-bond acceptors (Lipinski definition) is 4. The highest BCUT2D eigenvalue weighted by molar-refractivity contribution is 5.71. The van der Waals surface area contributed by atoms with E-state index in [1.807, 2.05) is 6.92 Å². The van der Waals surface area contributed by atoms with Gasteiger partial charge >= 0.3 is 11.9 Å². The zero-order valence-electron chi connectivity index (χ0n) is 10.5. The predicted octanol–water partition coefficient (Wildman–Crippen LogP) is 2.11. The van der Waals surface area contributed by atoms with Crippen LogP contribution in [0.3, 0.4) is 0 Å². The number of carbonyl (C=O) groups is 2. The minimum atomic E-state index is -0.929. The number of carboxylic acid groups (broad SMARTS) is 1. The third-order valence-electron chi connectivity index (χ3n) is 2.51. The van der Waals surface area contributed by atoms with Gasteiger partial charge in [-0.1, -0.05) is 6.92 Å². The molecule has 0 aromatic rings. The molecule has 0 bridgehead atoms. The third kappa shape index (κ3) is 5.91. The predicted molar refractivity (Wildman–Crippen MR) is 61.1 cm³/mol. The highest BCUT2D eigenvalue weighted by Crippen LogP contribution is 2.25. The van der Waals surface area contributed by atoms with Gasteiger partial charge in [-0.3, -0.25) is 9.59 Å². The molecule has 0 saturated carbocycles. The van der Waals surface area contributed by atoms with Crippen molar-refractivity contribution in [2.45, 2.75) is 52.6 Å². The minimum absolute atomic E-state index is 0.0481. The van der Waals surface area contributed by atoms with E-state index in [2.05, 4.69) is 6.07 Å². The van der Waals surface area contributed by atoms with Crippen molar-refractivity contribution in [3.05, 3.63) is 0 Å². The van der Waals surface area contributed by atoms with Gasteiger partial charge in [0.2, 0.25) is 0 Å². The number of ether oxygens (including phenoxy) is 1. The summed E-state index contributed by atoms with van der Waals surface area (Å²) in [6.07, 6.45) is 0.394. The lowest BCUT2D eigenvalue weighted by atomic mass is 9.87. The molecular weight excluding hydrogens is 222 g/mol. The van der Waals surface area contributed by atoms with E-state index >= 15 is 0 Å². The first-order valence-electron chi connectivity index (χ1n) is 5.66. The first-order chi connectivity index (χ1) is 7.83. The SMILES string of the molecule is CCC(OC(=O)CCCC(=O)O)C(C)(C)C#N. The van der Waals surface area contributed by atoms with E-state index in [0.29, 0.717) is 6.42 Å². The van der Waals surface area contributed by atoms with Crippen LogP contribution in [0.4, 0.5) is 0 Å². The molecule has 0 radical (unpaired) electrons. The van der Waals surface area contributed by atoms with Crippen LogP contribution in [0.5, 0.6) is 0 Å². The summed E-state index contributed by atoms with van der Waals surface area (Å²) < 4.78 is 5.18. The number of rotatable bonds is 7. The van der Waals surface area contributed by atoms with Gasteiger partial charge in [-0.15, -0.1) is 0 Å². The molecule has 0 saturated heterocycles. The molecule has 0 fully saturated rings. The van der Waals surface area contributed by atoms with Crippen LogP contribution in [0.15, 0.2) is 0 Å². The van der Waals surface area contributed by atoms with E-state index in [-0.39, 0.29) is 19.3 Å². The summed E-state index contributed by atoms with van der Waals surface area (Å²) in [6, 6.07) is 2.10. The molecule has 0 aliphatic rings. The fourth-order valence-corrected chi connectivity index (χ4v) is 1.41. The van der Waals surface area contributed by atoms with Crippen molar-refractivity contribution in [3.63, 3.8) is 0 Å². The highest BCUT2D eigenvalue weighted by atomic mass is 16.5. The van der Waals surface area contributed by atoms with Crippen LogP contribution < -0.4 is 0 Å². The molecular formula is C12H19NO4. The molecule has 0 spiro atoms. The summed E-state index contributed by atoms with van der Waals surface area (Å²) in [7, 11) is 0. The largest absolute Gasteiger partial charge is 0.481 e. The van der Waals surface area contributed by atoms with Gasteiger partial charge in [0.05, 0.1) is 11.5 Å². The molecule has 96 valence electrons. The van der Waals surface area contributed by atoms with Gasteiger partial charge in [-0.25, -0.2) is 0 Å². The Hall–Kier alpha value is -1.57. The van der Waals surface area contributed by atoms with Crippen LogP contribution in [0, 0.1) is 16.7 Å². The minimum Gasteiger partial charge on any atom is -0.481 e. The third-order valence-corrected chi connectivity index (χ3v) is 2.51. The van der Waals surface area contributed by atoms with Gasteiger partial charge in [0.25, 0.3) is 0 Å². The van der Waals surface area contributed by atoms with Crippen molar-refractivity contribution in [2.24, 2.45) is 5.41 Å². The molecule has 1 unspecified atom stereocenters. The molecule has 0 aliphatic heterocycles. The molecule has 5 nitrogen and oxygen atoms in total. The van der Waals surface area contributed by atoms with Crippen LogP contribution in [0.2, 0.25) is 0 Å². The molecule has 0 aromatic carbocycles. The monoisotopic (exact) mass is 241 g/mol. The van der Waals surface area contributed by atoms with Crippen LogP contribution in [0.25, 0.3) is 0 Å². The van der Waals surface area contributed by atoms with Crippen LogP contribution >= 0.6 is 0 Å². The molecule has 1 atom stereocenters. The lowest BCUT2D eigenvalue weighted by molar-refractivity contribution is -0.153. The first kappa shape index (κ1) is 15.4. The molecule has 0 amide bonds. The van der Waals surface area contributed by atoms with E-state index in [4.69, 9.17) is 15.1 Å².